The average Bonchev–Trinajstić information content (AvgIpc) is 2.97. The average molecular weight is 178 g/mol. The van der Waals surface area contributed by atoms with E-state index in [9.17, 15) is 0 Å². The Hall–Kier alpha value is -0.530. The minimum absolute atomic E-state index is 0.691. The van der Waals surface area contributed by atoms with Crippen LogP contribution in [-0.4, -0.2) is 23.8 Å². The molecule has 72 valence electrons. The zero-order chi connectivity index (χ0) is 8.89. The molecular weight excluding hydrogens is 160 g/mol. The number of hydrogen-bond donors (Lipinski definition) is 1. The molecule has 1 aliphatic heterocycles. The van der Waals surface area contributed by atoms with Gasteiger partial charge in [-0.15, -0.1) is 0 Å². The molecule has 1 heterocycles. The quantitative estimate of drug-likeness (QED) is 0.705. The van der Waals surface area contributed by atoms with E-state index < -0.39 is 0 Å². The molecule has 2 heteroatoms. The monoisotopic (exact) mass is 178 g/mol. The highest BCUT2D eigenvalue weighted by molar-refractivity contribution is 5.81. The molecule has 0 amide bonds. The van der Waals surface area contributed by atoms with Crippen molar-refractivity contribution in [1.82, 2.24) is 4.90 Å². The van der Waals surface area contributed by atoms with Gasteiger partial charge in [-0.2, -0.15) is 0 Å². The predicted molar refractivity (Wildman–Crippen MR) is 52.9 cm³/mol. The van der Waals surface area contributed by atoms with Gasteiger partial charge in [0.25, 0.3) is 0 Å². The second-order valence-electron chi connectivity index (χ2n) is 5.11. The number of rotatable bonds is 3. The first-order valence-corrected chi connectivity index (χ1v) is 5.63. The zero-order valence-corrected chi connectivity index (χ0v) is 8.18. The Morgan fingerprint density at radius 3 is 2.62 bits per heavy atom. The second-order valence-corrected chi connectivity index (χ2v) is 5.11. The van der Waals surface area contributed by atoms with Crippen LogP contribution in [0.2, 0.25) is 0 Å². The lowest BCUT2D eigenvalue weighted by molar-refractivity contribution is 0.307. The molecule has 2 nitrogen and oxygen atoms in total. The summed E-state index contributed by atoms with van der Waals surface area (Å²) in [7, 11) is 0. The Balaban J connectivity index is 1.64. The van der Waals surface area contributed by atoms with E-state index in [0.717, 1.165) is 24.7 Å². The lowest BCUT2D eigenvalue weighted by atomic mass is 10.0. The zero-order valence-electron chi connectivity index (χ0n) is 8.18. The van der Waals surface area contributed by atoms with Crippen LogP contribution in [0.15, 0.2) is 0 Å². The van der Waals surface area contributed by atoms with Crippen LogP contribution in [0.5, 0.6) is 0 Å². The fraction of sp³-hybridized carbons (Fsp3) is 0.909. The van der Waals surface area contributed by atoms with E-state index in [-0.39, 0.29) is 0 Å². The highest BCUT2D eigenvalue weighted by Gasteiger charge is 2.54. The van der Waals surface area contributed by atoms with E-state index in [2.05, 4.69) is 4.90 Å². The summed E-state index contributed by atoms with van der Waals surface area (Å²) >= 11 is 0. The van der Waals surface area contributed by atoms with Gasteiger partial charge in [-0.05, 0) is 43.4 Å². The highest BCUT2D eigenvalue weighted by atomic mass is 15.2. The summed E-state index contributed by atoms with van der Waals surface area (Å²) in [5.74, 6) is 1.95. The first-order valence-electron chi connectivity index (χ1n) is 5.63. The fourth-order valence-electron chi connectivity index (χ4n) is 2.84. The standard InChI is InChI=1S/C11H18N2/c12-10-2-1-7-13(10)8-11(5-6-11)9-3-4-9/h9,12H,1-8H2. The van der Waals surface area contributed by atoms with Crippen molar-refractivity contribution in [3.63, 3.8) is 0 Å². The highest BCUT2D eigenvalue weighted by Crippen LogP contribution is 2.61. The smallest absolute Gasteiger partial charge is 0.0958 e. The third kappa shape index (κ3) is 1.27. The molecule has 13 heavy (non-hydrogen) atoms. The summed E-state index contributed by atoms with van der Waals surface area (Å²) in [4.78, 5) is 2.34. The van der Waals surface area contributed by atoms with Gasteiger partial charge in [-0.25, -0.2) is 0 Å². The van der Waals surface area contributed by atoms with E-state index in [1.807, 2.05) is 0 Å². The van der Waals surface area contributed by atoms with E-state index in [1.54, 1.807) is 0 Å². The molecule has 0 aromatic carbocycles. The van der Waals surface area contributed by atoms with Crippen molar-refractivity contribution in [2.75, 3.05) is 13.1 Å². The largest absolute Gasteiger partial charge is 0.360 e. The van der Waals surface area contributed by atoms with Gasteiger partial charge in [0.05, 0.1) is 5.84 Å². The van der Waals surface area contributed by atoms with Crippen LogP contribution in [0.25, 0.3) is 0 Å². The molecule has 0 radical (unpaired) electrons. The molecular formula is C11H18N2. The summed E-state index contributed by atoms with van der Waals surface area (Å²) in [6, 6.07) is 0. The maximum atomic E-state index is 7.80. The van der Waals surface area contributed by atoms with Crippen LogP contribution in [-0.2, 0) is 0 Å². The molecule has 0 spiro atoms. The van der Waals surface area contributed by atoms with Gasteiger partial charge < -0.3 is 4.90 Å². The molecule has 1 N–H and O–H groups in total. The Morgan fingerprint density at radius 2 is 2.15 bits per heavy atom. The van der Waals surface area contributed by atoms with Crippen LogP contribution >= 0.6 is 0 Å². The maximum absolute atomic E-state index is 7.80. The van der Waals surface area contributed by atoms with E-state index in [4.69, 9.17) is 5.41 Å². The molecule has 0 unspecified atom stereocenters. The fourth-order valence-corrected chi connectivity index (χ4v) is 2.84. The Bertz CT molecular complexity index is 238. The van der Waals surface area contributed by atoms with Gasteiger partial charge in [0.1, 0.15) is 0 Å². The summed E-state index contributed by atoms with van der Waals surface area (Å²) in [6.07, 6.45) is 8.09. The van der Waals surface area contributed by atoms with Crippen molar-refractivity contribution < 1.29 is 0 Å². The van der Waals surface area contributed by atoms with Crippen LogP contribution in [0.3, 0.4) is 0 Å². The molecule has 0 atom stereocenters. The molecule has 3 aliphatic rings. The Labute approximate surface area is 79.8 Å². The first kappa shape index (κ1) is 7.84. The van der Waals surface area contributed by atoms with E-state index in [0.29, 0.717) is 5.41 Å². The number of hydrogen-bond acceptors (Lipinski definition) is 1. The summed E-state index contributed by atoms with van der Waals surface area (Å²) in [5.41, 5.74) is 0.691. The van der Waals surface area contributed by atoms with Gasteiger partial charge in [0, 0.05) is 19.5 Å². The van der Waals surface area contributed by atoms with E-state index in [1.165, 1.54) is 38.6 Å². The van der Waals surface area contributed by atoms with Crippen molar-refractivity contribution in [3.05, 3.63) is 0 Å². The normalized spacial score (nSPS) is 31.1. The number of amidine groups is 1. The van der Waals surface area contributed by atoms with Crippen LogP contribution in [0.4, 0.5) is 0 Å². The molecule has 1 saturated heterocycles. The molecule has 3 rings (SSSR count). The van der Waals surface area contributed by atoms with Gasteiger partial charge in [0.2, 0.25) is 0 Å². The molecule has 0 bridgehead atoms. The van der Waals surface area contributed by atoms with Crippen LogP contribution in [0.1, 0.15) is 38.5 Å². The van der Waals surface area contributed by atoms with Gasteiger partial charge in [-0.3, -0.25) is 5.41 Å². The number of likely N-dealkylation sites (tertiary alicyclic amines) is 1. The van der Waals surface area contributed by atoms with Crippen molar-refractivity contribution in [1.29, 1.82) is 5.41 Å². The summed E-state index contributed by atoms with van der Waals surface area (Å²) in [6.45, 7) is 2.38. The summed E-state index contributed by atoms with van der Waals surface area (Å²) in [5, 5.41) is 7.80. The van der Waals surface area contributed by atoms with Gasteiger partial charge >= 0.3 is 0 Å². The minimum atomic E-state index is 0.691. The predicted octanol–water partition coefficient (Wildman–Crippen LogP) is 2.25. The molecule has 0 aromatic heterocycles. The van der Waals surface area contributed by atoms with Gasteiger partial charge in [-0.1, -0.05) is 0 Å². The lowest BCUT2D eigenvalue weighted by Crippen LogP contribution is -2.32. The third-order valence-corrected chi connectivity index (χ3v) is 4.06. The SMILES string of the molecule is N=C1CCCN1CC1(C2CC2)CC1. The Kier molecular flexibility index (Phi) is 1.50. The molecule has 3 fully saturated rings. The minimum Gasteiger partial charge on any atom is -0.360 e. The van der Waals surface area contributed by atoms with Crippen molar-refractivity contribution in [2.24, 2.45) is 11.3 Å². The second kappa shape index (κ2) is 2.49. The Morgan fingerprint density at radius 1 is 1.38 bits per heavy atom. The molecule has 2 saturated carbocycles. The molecule has 0 aromatic rings. The summed E-state index contributed by atoms with van der Waals surface area (Å²) < 4.78 is 0. The van der Waals surface area contributed by atoms with Crippen molar-refractivity contribution in [3.8, 4) is 0 Å². The van der Waals surface area contributed by atoms with Crippen LogP contribution < -0.4 is 0 Å². The van der Waals surface area contributed by atoms with Gasteiger partial charge in [0.15, 0.2) is 0 Å². The van der Waals surface area contributed by atoms with E-state index >= 15 is 0 Å². The third-order valence-electron chi connectivity index (χ3n) is 4.06. The maximum Gasteiger partial charge on any atom is 0.0958 e. The van der Waals surface area contributed by atoms with Crippen molar-refractivity contribution in [2.45, 2.75) is 38.5 Å². The van der Waals surface area contributed by atoms with Crippen molar-refractivity contribution >= 4 is 5.84 Å². The topological polar surface area (TPSA) is 27.1 Å². The number of nitrogens with one attached hydrogen (secondary N) is 1. The first-order chi connectivity index (χ1) is 6.30. The lowest BCUT2D eigenvalue weighted by Gasteiger charge is -2.24. The molecule has 2 aliphatic carbocycles. The number of nitrogens with zero attached hydrogens (tertiary/aromatic N) is 1. The van der Waals surface area contributed by atoms with Crippen LogP contribution in [0, 0.1) is 16.7 Å².